The molecule has 5 rings (SSSR count). The van der Waals surface area contributed by atoms with Gasteiger partial charge in [-0.25, -0.2) is 18.7 Å². The molecule has 1 fully saturated rings. The maximum absolute atomic E-state index is 14.4. The summed E-state index contributed by atoms with van der Waals surface area (Å²) >= 11 is 0. The van der Waals surface area contributed by atoms with E-state index in [1.54, 1.807) is 6.07 Å². The minimum Gasteiger partial charge on any atom is -0.462 e. The molecule has 0 spiro atoms. The number of amides is 1. The average molecular weight is 437 g/mol. The second-order valence-corrected chi connectivity index (χ2v) is 8.66. The van der Waals surface area contributed by atoms with Crippen LogP contribution in [0.25, 0.3) is 11.3 Å². The summed E-state index contributed by atoms with van der Waals surface area (Å²) in [5, 5.41) is 11.1. The van der Waals surface area contributed by atoms with Gasteiger partial charge in [-0.3, -0.25) is 4.79 Å². The van der Waals surface area contributed by atoms with Crippen LogP contribution in [-0.2, 0) is 5.60 Å². The Morgan fingerprint density at radius 2 is 1.88 bits per heavy atom. The van der Waals surface area contributed by atoms with Crippen molar-refractivity contribution in [1.29, 1.82) is 0 Å². The molecule has 0 aliphatic heterocycles. The third kappa shape index (κ3) is 2.66. The monoisotopic (exact) mass is 437 g/mol. The van der Waals surface area contributed by atoms with Gasteiger partial charge in [-0.15, -0.1) is 5.10 Å². The summed E-state index contributed by atoms with van der Waals surface area (Å²) in [6.45, 7) is 4.12. The van der Waals surface area contributed by atoms with Crippen LogP contribution in [0.2, 0.25) is 0 Å². The summed E-state index contributed by atoms with van der Waals surface area (Å²) < 4.78 is 35.2. The fourth-order valence-corrected chi connectivity index (χ4v) is 5.20. The molecule has 2 aliphatic carbocycles. The van der Waals surface area contributed by atoms with E-state index in [1.807, 2.05) is 0 Å². The molecule has 32 heavy (non-hydrogen) atoms. The molecule has 164 valence electrons. The zero-order valence-corrected chi connectivity index (χ0v) is 17.8. The highest BCUT2D eigenvalue weighted by Crippen LogP contribution is 2.67. The fourth-order valence-electron chi connectivity index (χ4n) is 5.20. The van der Waals surface area contributed by atoms with Crippen LogP contribution in [0.15, 0.2) is 36.7 Å². The van der Waals surface area contributed by atoms with Crippen molar-refractivity contribution in [2.24, 2.45) is 5.41 Å². The Hall–Kier alpha value is -3.49. The molecule has 1 aromatic carbocycles. The van der Waals surface area contributed by atoms with Crippen LogP contribution in [0.4, 0.5) is 8.78 Å². The van der Waals surface area contributed by atoms with Gasteiger partial charge in [-0.1, -0.05) is 19.9 Å². The number of nitrogens with one attached hydrogen (secondary N) is 1. The lowest BCUT2D eigenvalue weighted by Crippen LogP contribution is -2.42. The number of nitrogens with zero attached hydrogens (tertiary/aromatic N) is 4. The molecule has 1 amide bonds. The molecule has 3 aromatic rings. The van der Waals surface area contributed by atoms with E-state index in [-0.39, 0.29) is 28.7 Å². The summed E-state index contributed by atoms with van der Waals surface area (Å²) in [6.07, 6.45) is 4.32. The van der Waals surface area contributed by atoms with Crippen molar-refractivity contribution >= 4 is 5.91 Å². The third-order valence-electron chi connectivity index (χ3n) is 6.88. The predicted molar refractivity (Wildman–Crippen MR) is 111 cm³/mol. The molecule has 2 aliphatic rings. The number of ether oxygens (including phenoxy) is 1. The number of hydrogen-bond donors (Lipinski definition) is 1. The number of benzene rings is 1. The SMILES string of the molecule is CNC(=O)c1nccnc1O[C@@]12CC[C@@H](c3cc(-c4c(F)cccc4F)nnc31)C2(C)C. The largest absolute Gasteiger partial charge is 0.462 e. The van der Waals surface area contributed by atoms with Gasteiger partial charge in [0.2, 0.25) is 5.88 Å². The maximum Gasteiger partial charge on any atom is 0.275 e. The quantitative estimate of drug-likeness (QED) is 0.669. The van der Waals surface area contributed by atoms with Crippen LogP contribution in [0.1, 0.15) is 54.4 Å². The fraction of sp³-hybridized carbons (Fsp3) is 0.348. The summed E-state index contributed by atoms with van der Waals surface area (Å²) in [6, 6.07) is 5.41. The highest BCUT2D eigenvalue weighted by atomic mass is 19.1. The first-order chi connectivity index (χ1) is 15.3. The van der Waals surface area contributed by atoms with Gasteiger partial charge in [0.1, 0.15) is 17.3 Å². The van der Waals surface area contributed by atoms with Crippen molar-refractivity contribution in [3.05, 3.63) is 65.2 Å². The van der Waals surface area contributed by atoms with Gasteiger partial charge >= 0.3 is 0 Å². The zero-order valence-electron chi connectivity index (χ0n) is 17.8. The standard InChI is InChI=1S/C23H21F2N5O2/c1-22(2)13-7-8-23(22,32-21-18(20(31)26-3)27-9-10-28-21)19-12(13)11-16(29-30-19)17-14(24)5-4-6-15(17)25/h4-6,9-11,13H,7-8H2,1-3H3,(H,26,31)/t13-,23-/m0/s1. The van der Waals surface area contributed by atoms with E-state index in [0.29, 0.717) is 12.1 Å². The lowest BCUT2D eigenvalue weighted by Gasteiger charge is -2.37. The van der Waals surface area contributed by atoms with E-state index in [9.17, 15) is 13.6 Å². The van der Waals surface area contributed by atoms with Crippen molar-refractivity contribution in [3.8, 4) is 17.1 Å². The molecule has 0 radical (unpaired) electrons. The first kappa shape index (κ1) is 20.4. The molecule has 7 nitrogen and oxygen atoms in total. The van der Waals surface area contributed by atoms with Crippen molar-refractivity contribution in [2.45, 2.75) is 38.2 Å². The number of carbonyl (C=O) groups is 1. The first-order valence-electron chi connectivity index (χ1n) is 10.3. The lowest BCUT2D eigenvalue weighted by molar-refractivity contribution is -0.0236. The highest BCUT2D eigenvalue weighted by molar-refractivity contribution is 5.94. The number of rotatable bonds is 4. The van der Waals surface area contributed by atoms with Crippen LogP contribution in [0, 0.1) is 17.0 Å². The van der Waals surface area contributed by atoms with Crippen molar-refractivity contribution in [2.75, 3.05) is 7.05 Å². The molecule has 2 aromatic heterocycles. The topological polar surface area (TPSA) is 89.9 Å². The lowest BCUT2D eigenvalue weighted by atomic mass is 9.77. The molecule has 2 heterocycles. The van der Waals surface area contributed by atoms with Crippen molar-refractivity contribution < 1.29 is 18.3 Å². The van der Waals surface area contributed by atoms with E-state index in [2.05, 4.69) is 39.3 Å². The van der Waals surface area contributed by atoms with Gasteiger partial charge in [-0.2, -0.15) is 5.10 Å². The van der Waals surface area contributed by atoms with Crippen molar-refractivity contribution in [1.82, 2.24) is 25.5 Å². The average Bonchev–Trinajstić information content (AvgIpc) is 3.13. The molecular formula is C23H21F2N5O2. The minimum absolute atomic E-state index is 0.0432. The van der Waals surface area contributed by atoms with Crippen LogP contribution < -0.4 is 10.1 Å². The Kier molecular flexibility index (Phi) is 4.47. The molecule has 0 saturated heterocycles. The van der Waals surface area contributed by atoms with E-state index in [4.69, 9.17) is 4.74 Å². The van der Waals surface area contributed by atoms with Gasteiger partial charge in [0.25, 0.3) is 5.91 Å². The second-order valence-electron chi connectivity index (χ2n) is 8.66. The smallest absolute Gasteiger partial charge is 0.275 e. The van der Waals surface area contributed by atoms with E-state index in [0.717, 1.165) is 12.0 Å². The maximum atomic E-state index is 14.4. The van der Waals surface area contributed by atoms with E-state index in [1.165, 1.54) is 37.6 Å². The summed E-state index contributed by atoms with van der Waals surface area (Å²) in [5.74, 6) is -1.64. The van der Waals surface area contributed by atoms with Crippen molar-refractivity contribution in [3.63, 3.8) is 0 Å². The van der Waals surface area contributed by atoms with Gasteiger partial charge in [-0.05, 0) is 42.5 Å². The number of carbonyl (C=O) groups excluding carboxylic acids is 1. The number of fused-ring (bicyclic) bond motifs is 5. The van der Waals surface area contributed by atoms with Crippen LogP contribution in [0.5, 0.6) is 5.88 Å². The molecule has 2 bridgehead atoms. The second kappa shape index (κ2) is 7.01. The summed E-state index contributed by atoms with van der Waals surface area (Å²) in [4.78, 5) is 20.7. The normalized spacial score (nSPS) is 22.5. The van der Waals surface area contributed by atoms with E-state index < -0.39 is 28.6 Å². The van der Waals surface area contributed by atoms with Gasteiger partial charge in [0.05, 0.1) is 11.3 Å². The molecule has 9 heteroatoms. The summed E-state index contributed by atoms with van der Waals surface area (Å²) in [7, 11) is 1.51. The third-order valence-corrected chi connectivity index (χ3v) is 6.88. The molecular weight excluding hydrogens is 416 g/mol. The van der Waals surface area contributed by atoms with Crippen LogP contribution in [-0.4, -0.2) is 33.1 Å². The van der Waals surface area contributed by atoms with E-state index >= 15 is 0 Å². The predicted octanol–water partition coefficient (Wildman–Crippen LogP) is 3.76. The van der Waals surface area contributed by atoms with Crippen LogP contribution >= 0.6 is 0 Å². The van der Waals surface area contributed by atoms with Gasteiger partial charge < -0.3 is 10.1 Å². The number of aromatic nitrogens is 4. The highest BCUT2D eigenvalue weighted by Gasteiger charge is 2.66. The Bertz CT molecular complexity index is 1230. The van der Waals surface area contributed by atoms with Crippen LogP contribution in [0.3, 0.4) is 0 Å². The Morgan fingerprint density at radius 1 is 1.16 bits per heavy atom. The van der Waals surface area contributed by atoms with Gasteiger partial charge in [0, 0.05) is 24.9 Å². The molecule has 2 atom stereocenters. The minimum atomic E-state index is -0.898. The molecule has 1 saturated carbocycles. The summed E-state index contributed by atoms with van der Waals surface area (Å²) in [5.41, 5.74) is 0.152. The zero-order chi connectivity index (χ0) is 22.7. The van der Waals surface area contributed by atoms with Gasteiger partial charge in [0.15, 0.2) is 11.3 Å². The number of hydrogen-bond acceptors (Lipinski definition) is 6. The Labute approximate surface area is 183 Å². The Morgan fingerprint density at radius 3 is 2.59 bits per heavy atom. The number of halogens is 2. The molecule has 0 unspecified atom stereocenters. The molecule has 1 N–H and O–H groups in total. The Balaban J connectivity index is 1.63. The first-order valence-corrected chi connectivity index (χ1v) is 10.3.